The second-order valence-corrected chi connectivity index (χ2v) is 7.24. The van der Waals surface area contributed by atoms with Gasteiger partial charge in [0.2, 0.25) is 15.9 Å². The molecule has 0 radical (unpaired) electrons. The highest BCUT2D eigenvalue weighted by atomic mass is 32.2. The van der Waals surface area contributed by atoms with E-state index in [-0.39, 0.29) is 16.8 Å². The number of carbonyl (C=O) groups is 1. The lowest BCUT2D eigenvalue weighted by Crippen LogP contribution is -2.32. The lowest BCUT2D eigenvalue weighted by atomic mass is 10.2. The van der Waals surface area contributed by atoms with Crippen molar-refractivity contribution >= 4 is 21.6 Å². The molecule has 6 heteroatoms. The lowest BCUT2D eigenvalue weighted by molar-refractivity contribution is -0.117. The number of aryl methyl sites for hydroxylation is 1. The minimum absolute atomic E-state index is 0.102. The number of benzene rings is 1. The van der Waals surface area contributed by atoms with Gasteiger partial charge in [-0.15, -0.1) is 0 Å². The van der Waals surface area contributed by atoms with Crippen molar-refractivity contribution in [1.82, 2.24) is 4.72 Å². The Hall–Kier alpha value is -1.40. The largest absolute Gasteiger partial charge is 0.312 e. The molecule has 1 unspecified atom stereocenters. The number of nitrogens with zero attached hydrogens (tertiary/aromatic N) is 1. The van der Waals surface area contributed by atoms with E-state index in [1.807, 2.05) is 20.8 Å². The number of hydrogen-bond donors (Lipinski definition) is 1. The van der Waals surface area contributed by atoms with Gasteiger partial charge < -0.3 is 4.90 Å². The van der Waals surface area contributed by atoms with Crippen LogP contribution in [0.2, 0.25) is 0 Å². The number of nitrogens with one attached hydrogen (secondary N) is 1. The van der Waals surface area contributed by atoms with Crippen molar-refractivity contribution in [3.05, 3.63) is 23.8 Å². The molecule has 0 saturated carbocycles. The molecular formula is C15H22N2O3S. The molecule has 1 atom stereocenters. The number of amides is 1. The summed E-state index contributed by atoms with van der Waals surface area (Å²) < 4.78 is 27.2. The summed E-state index contributed by atoms with van der Waals surface area (Å²) in [7, 11) is -3.50. The Morgan fingerprint density at radius 3 is 2.62 bits per heavy atom. The topological polar surface area (TPSA) is 66.5 Å². The number of hydrogen-bond acceptors (Lipinski definition) is 3. The predicted molar refractivity (Wildman–Crippen MR) is 82.8 cm³/mol. The van der Waals surface area contributed by atoms with Crippen LogP contribution in [-0.4, -0.2) is 26.9 Å². The summed E-state index contributed by atoms with van der Waals surface area (Å²) in [6, 6.07) is 4.82. The Kier molecular flexibility index (Phi) is 4.68. The summed E-state index contributed by atoms with van der Waals surface area (Å²) >= 11 is 0. The molecule has 1 heterocycles. The second kappa shape index (κ2) is 6.15. The van der Waals surface area contributed by atoms with Gasteiger partial charge in [-0.2, -0.15) is 0 Å². The molecule has 1 amide bonds. The van der Waals surface area contributed by atoms with Gasteiger partial charge in [0, 0.05) is 24.7 Å². The summed E-state index contributed by atoms with van der Waals surface area (Å²) in [4.78, 5) is 13.8. The first kappa shape index (κ1) is 16.0. The highest BCUT2D eigenvalue weighted by Gasteiger charge is 2.24. The maximum atomic E-state index is 12.3. The normalized spacial score (nSPS) is 17.3. The monoisotopic (exact) mass is 310 g/mol. The first-order valence-corrected chi connectivity index (χ1v) is 8.77. The zero-order chi connectivity index (χ0) is 15.6. The summed E-state index contributed by atoms with van der Waals surface area (Å²) in [5, 5.41) is 0. The molecule has 1 N–H and O–H groups in total. The van der Waals surface area contributed by atoms with Crippen LogP contribution in [0.15, 0.2) is 23.1 Å². The van der Waals surface area contributed by atoms with Crippen molar-refractivity contribution in [1.29, 1.82) is 0 Å². The third kappa shape index (κ3) is 3.44. The van der Waals surface area contributed by atoms with Gasteiger partial charge in [0.05, 0.1) is 4.90 Å². The number of carbonyl (C=O) groups excluding carboxylic acids is 1. The van der Waals surface area contributed by atoms with Gasteiger partial charge in [0.15, 0.2) is 0 Å². The molecule has 0 aliphatic carbocycles. The van der Waals surface area contributed by atoms with E-state index in [0.717, 1.165) is 24.1 Å². The Labute approximate surface area is 126 Å². The Morgan fingerprint density at radius 2 is 2.10 bits per heavy atom. The molecule has 1 saturated heterocycles. The molecule has 1 fully saturated rings. The summed E-state index contributed by atoms with van der Waals surface area (Å²) in [5.74, 6) is 0.103. The maximum absolute atomic E-state index is 12.3. The van der Waals surface area contributed by atoms with Gasteiger partial charge in [-0.3, -0.25) is 4.79 Å². The molecule has 0 spiro atoms. The first-order chi connectivity index (χ1) is 9.85. The molecule has 1 aromatic carbocycles. The van der Waals surface area contributed by atoms with Gasteiger partial charge in [-0.25, -0.2) is 13.1 Å². The molecule has 5 nitrogen and oxygen atoms in total. The molecule has 0 bridgehead atoms. The van der Waals surface area contributed by atoms with E-state index in [2.05, 4.69) is 4.72 Å². The molecule has 2 rings (SSSR count). The lowest BCUT2D eigenvalue weighted by Gasteiger charge is -2.19. The zero-order valence-electron chi connectivity index (χ0n) is 12.7. The van der Waals surface area contributed by atoms with Crippen molar-refractivity contribution in [3.8, 4) is 0 Å². The fourth-order valence-corrected chi connectivity index (χ4v) is 3.83. The fraction of sp³-hybridized carbons (Fsp3) is 0.533. The van der Waals surface area contributed by atoms with Crippen molar-refractivity contribution in [2.45, 2.75) is 51.0 Å². The molecule has 21 heavy (non-hydrogen) atoms. The average Bonchev–Trinajstić information content (AvgIpc) is 2.84. The van der Waals surface area contributed by atoms with Gasteiger partial charge in [-0.1, -0.05) is 6.92 Å². The van der Waals surface area contributed by atoms with E-state index < -0.39 is 10.0 Å². The highest BCUT2D eigenvalue weighted by Crippen LogP contribution is 2.27. The Morgan fingerprint density at radius 1 is 1.38 bits per heavy atom. The average molecular weight is 310 g/mol. The van der Waals surface area contributed by atoms with Crippen molar-refractivity contribution in [2.24, 2.45) is 0 Å². The van der Waals surface area contributed by atoms with Crippen LogP contribution in [0.4, 0.5) is 5.69 Å². The standard InChI is InChI=1S/C15H22N2O3S/c1-4-12(3)16-21(19,20)13-7-8-14(11(2)10-13)17-9-5-6-15(17)18/h7-8,10,12,16H,4-6,9H2,1-3H3. The molecule has 116 valence electrons. The summed E-state index contributed by atoms with van der Waals surface area (Å²) in [5.41, 5.74) is 1.61. The molecular weight excluding hydrogens is 288 g/mol. The molecule has 0 aromatic heterocycles. The molecule has 1 aliphatic heterocycles. The Bertz CT molecular complexity index is 640. The quantitative estimate of drug-likeness (QED) is 0.906. The SMILES string of the molecule is CCC(C)NS(=O)(=O)c1ccc(N2CCCC2=O)c(C)c1. The van der Waals surface area contributed by atoms with Gasteiger partial charge in [-0.05, 0) is 50.5 Å². The van der Waals surface area contributed by atoms with Crippen molar-refractivity contribution in [2.75, 3.05) is 11.4 Å². The van der Waals surface area contributed by atoms with Gasteiger partial charge in [0.25, 0.3) is 0 Å². The first-order valence-electron chi connectivity index (χ1n) is 7.28. The number of sulfonamides is 1. The third-order valence-electron chi connectivity index (χ3n) is 3.81. The third-order valence-corrected chi connectivity index (χ3v) is 5.40. The summed E-state index contributed by atoms with van der Waals surface area (Å²) in [6.45, 7) is 6.31. The zero-order valence-corrected chi connectivity index (χ0v) is 13.5. The van der Waals surface area contributed by atoms with Crippen molar-refractivity contribution in [3.63, 3.8) is 0 Å². The maximum Gasteiger partial charge on any atom is 0.240 e. The van der Waals surface area contributed by atoms with E-state index in [4.69, 9.17) is 0 Å². The smallest absolute Gasteiger partial charge is 0.240 e. The van der Waals surface area contributed by atoms with E-state index in [1.54, 1.807) is 23.1 Å². The van der Waals surface area contributed by atoms with Crippen LogP contribution in [0.25, 0.3) is 0 Å². The van der Waals surface area contributed by atoms with Crippen LogP contribution in [0.1, 0.15) is 38.7 Å². The van der Waals surface area contributed by atoms with Crippen LogP contribution < -0.4 is 9.62 Å². The Balaban J connectivity index is 2.29. The van der Waals surface area contributed by atoms with Gasteiger partial charge in [0.1, 0.15) is 0 Å². The van der Waals surface area contributed by atoms with Crippen LogP contribution in [0.5, 0.6) is 0 Å². The second-order valence-electron chi connectivity index (χ2n) is 5.53. The van der Waals surface area contributed by atoms with E-state index in [0.29, 0.717) is 13.0 Å². The summed E-state index contributed by atoms with van der Waals surface area (Å²) in [6.07, 6.45) is 2.15. The molecule has 1 aliphatic rings. The van der Waals surface area contributed by atoms with Crippen LogP contribution in [-0.2, 0) is 14.8 Å². The molecule has 1 aromatic rings. The fourth-order valence-electron chi connectivity index (χ4n) is 2.42. The number of anilines is 1. The van der Waals surface area contributed by atoms with Gasteiger partial charge >= 0.3 is 0 Å². The van der Waals surface area contributed by atoms with E-state index in [9.17, 15) is 13.2 Å². The highest BCUT2D eigenvalue weighted by molar-refractivity contribution is 7.89. The minimum Gasteiger partial charge on any atom is -0.312 e. The minimum atomic E-state index is -3.50. The van der Waals surface area contributed by atoms with Crippen molar-refractivity contribution < 1.29 is 13.2 Å². The van der Waals surface area contributed by atoms with Crippen LogP contribution in [0.3, 0.4) is 0 Å². The van der Waals surface area contributed by atoms with E-state index in [1.165, 1.54) is 0 Å². The van der Waals surface area contributed by atoms with E-state index >= 15 is 0 Å². The predicted octanol–water partition coefficient (Wildman–Crippen LogP) is 2.20. The van der Waals surface area contributed by atoms with Crippen LogP contribution >= 0.6 is 0 Å². The van der Waals surface area contributed by atoms with Crippen LogP contribution in [0, 0.1) is 6.92 Å². The number of rotatable bonds is 5.